The molecule has 1 aliphatic carbocycles. The number of sulfonamides is 1. The molecule has 4 aromatic heterocycles. The van der Waals surface area contributed by atoms with Gasteiger partial charge >= 0.3 is 6.55 Å². The van der Waals surface area contributed by atoms with E-state index in [0.29, 0.717) is 71.3 Å². The molecule has 0 unspecified atom stereocenters. The lowest BCUT2D eigenvalue weighted by molar-refractivity contribution is 0.0668. The molecule has 234 valence electrons. The molecule has 1 amide bonds. The lowest BCUT2D eigenvalue weighted by atomic mass is 9.92. The molecule has 44 heavy (non-hydrogen) atoms. The first-order chi connectivity index (χ1) is 21.0. The van der Waals surface area contributed by atoms with Crippen molar-refractivity contribution in [2.75, 3.05) is 37.3 Å². The van der Waals surface area contributed by atoms with E-state index in [9.17, 15) is 22.0 Å². The van der Waals surface area contributed by atoms with Crippen LogP contribution in [0.15, 0.2) is 30.3 Å². The summed E-state index contributed by atoms with van der Waals surface area (Å²) in [5, 5.41) is 4.20. The number of methoxy groups -OCH3 is 1. The van der Waals surface area contributed by atoms with Crippen molar-refractivity contribution < 1.29 is 26.7 Å². The van der Waals surface area contributed by atoms with Crippen LogP contribution in [-0.4, -0.2) is 83.8 Å². The molecule has 1 N–H and O–H groups in total. The van der Waals surface area contributed by atoms with Crippen LogP contribution in [0.3, 0.4) is 0 Å². The van der Waals surface area contributed by atoms with Gasteiger partial charge in [-0.1, -0.05) is 0 Å². The smallest absolute Gasteiger partial charge is 0.329 e. The van der Waals surface area contributed by atoms with Gasteiger partial charge in [0, 0.05) is 42.7 Å². The summed E-state index contributed by atoms with van der Waals surface area (Å²) < 4.78 is 61.6. The minimum absolute atomic E-state index is 0.0331. The fourth-order valence-electron chi connectivity index (χ4n) is 6.79. The number of fused-ring (bicyclic) bond motifs is 3. The minimum atomic E-state index is -4.26. The van der Waals surface area contributed by atoms with Gasteiger partial charge in [-0.05, 0) is 75.3 Å². The van der Waals surface area contributed by atoms with Gasteiger partial charge in [-0.3, -0.25) is 9.20 Å². The van der Waals surface area contributed by atoms with Crippen molar-refractivity contribution >= 4 is 38.4 Å². The van der Waals surface area contributed by atoms with E-state index in [4.69, 9.17) is 9.72 Å². The summed E-state index contributed by atoms with van der Waals surface area (Å²) in [5.41, 5.74) is 3.59. The number of aryl methyl sites for hydroxylation is 1. The summed E-state index contributed by atoms with van der Waals surface area (Å²) in [7, 11) is -2.71. The highest BCUT2D eigenvalue weighted by molar-refractivity contribution is 7.92. The highest BCUT2D eigenvalue weighted by atomic mass is 32.2. The average Bonchev–Trinajstić information content (AvgIpc) is 3.41. The van der Waals surface area contributed by atoms with Crippen LogP contribution in [0.5, 0.6) is 5.88 Å². The Morgan fingerprint density at radius 2 is 1.95 bits per heavy atom. The second-order valence-corrected chi connectivity index (χ2v) is 14.0. The first kappa shape index (κ1) is 29.0. The number of nitrogens with one attached hydrogen (secondary N) is 1. The Kier molecular flexibility index (Phi) is 7.03. The molecule has 0 bridgehead atoms. The van der Waals surface area contributed by atoms with E-state index in [1.165, 1.54) is 6.07 Å². The Morgan fingerprint density at radius 3 is 2.66 bits per heavy atom. The Labute approximate surface area is 253 Å². The number of amides is 1. The van der Waals surface area contributed by atoms with Gasteiger partial charge in [-0.2, -0.15) is 13.1 Å². The van der Waals surface area contributed by atoms with Crippen molar-refractivity contribution in [1.82, 2.24) is 29.2 Å². The Morgan fingerprint density at radius 1 is 1.16 bits per heavy atom. The summed E-state index contributed by atoms with van der Waals surface area (Å²) >= 11 is 0. The third kappa shape index (κ3) is 4.97. The van der Waals surface area contributed by atoms with E-state index in [0.717, 1.165) is 49.9 Å². The van der Waals surface area contributed by atoms with Crippen LogP contribution in [-0.2, 0) is 16.6 Å². The number of halogens is 2. The highest BCUT2D eigenvalue weighted by Gasteiger charge is 2.35. The van der Waals surface area contributed by atoms with Gasteiger partial charge in [0.15, 0.2) is 5.88 Å². The number of likely N-dealkylation sites (tertiary alicyclic amines) is 1. The summed E-state index contributed by atoms with van der Waals surface area (Å²) in [6.07, 6.45) is 4.93. The summed E-state index contributed by atoms with van der Waals surface area (Å²) in [6, 6.07) is 8.66. The molecule has 3 aliphatic rings. The van der Waals surface area contributed by atoms with E-state index < -0.39 is 16.6 Å². The number of rotatable bonds is 8. The molecule has 14 heteroatoms. The van der Waals surface area contributed by atoms with Gasteiger partial charge in [-0.25, -0.2) is 18.4 Å². The first-order valence-electron chi connectivity index (χ1n) is 14.9. The average molecular weight is 628 g/mol. The van der Waals surface area contributed by atoms with Gasteiger partial charge in [0.05, 0.1) is 24.8 Å². The van der Waals surface area contributed by atoms with Crippen LogP contribution in [0.25, 0.3) is 28.1 Å². The number of imidazole rings is 1. The number of aromatic nitrogens is 4. The first-order valence-corrected chi connectivity index (χ1v) is 16.8. The third-order valence-electron chi connectivity index (χ3n) is 9.21. The van der Waals surface area contributed by atoms with E-state index in [1.54, 1.807) is 25.3 Å². The van der Waals surface area contributed by atoms with Crippen LogP contribution >= 0.6 is 0 Å². The number of carbonyl (C=O) groups is 1. The predicted molar refractivity (Wildman–Crippen MR) is 162 cm³/mol. The Bertz CT molecular complexity index is 1890. The number of anilines is 1. The molecular weight excluding hydrogens is 592 g/mol. The standard InChI is InChI=1S/C30H35F2N7O4S/c1-17-27(23-12-20-6-7-24(39(30(31)32)44(3,41)42)35-28(20)37(23)15-18-4-5-18)34-25-13-21(14-26(43-2)38(17)25)29(40)36-11-9-19-8-10-33-22(19)16-36/h6-7,12-14,18-19,22,30,33H,4-5,8-11,15-16H2,1-3H3/t19-,22+/m0/s1. The van der Waals surface area contributed by atoms with E-state index in [-0.39, 0.29) is 16.0 Å². The molecule has 2 atom stereocenters. The van der Waals surface area contributed by atoms with Crippen molar-refractivity contribution in [2.24, 2.45) is 11.8 Å². The Hall–Kier alpha value is -3.78. The lowest BCUT2D eigenvalue weighted by Crippen LogP contribution is -2.48. The molecule has 6 heterocycles. The number of hydrogen-bond donors (Lipinski definition) is 1. The number of nitrogens with zero attached hydrogens (tertiary/aromatic N) is 6. The van der Waals surface area contributed by atoms with E-state index in [1.807, 2.05) is 26.9 Å². The number of hydrogen-bond acceptors (Lipinski definition) is 7. The molecule has 7 rings (SSSR count). The SMILES string of the molecule is COc1cc(C(=O)N2CC[C@@H]3CCN[C@@H]3C2)cc2nc(-c3cc4ccc(N(C(F)F)S(C)(=O)=O)nc4n3CC3CC3)c(C)n12. The largest absolute Gasteiger partial charge is 0.482 e. The number of pyridine rings is 2. The topological polar surface area (TPSA) is 114 Å². The van der Waals surface area contributed by atoms with Crippen molar-refractivity contribution in [1.29, 1.82) is 0 Å². The molecule has 0 spiro atoms. The van der Waals surface area contributed by atoms with Gasteiger partial charge in [0.2, 0.25) is 10.0 Å². The fraction of sp³-hybridized carbons (Fsp3) is 0.500. The van der Waals surface area contributed by atoms with Crippen molar-refractivity contribution in [3.8, 4) is 17.3 Å². The summed E-state index contributed by atoms with van der Waals surface area (Å²) in [4.78, 5) is 25.0. The minimum Gasteiger partial charge on any atom is -0.482 e. The predicted octanol–water partition coefficient (Wildman–Crippen LogP) is 3.89. The van der Waals surface area contributed by atoms with Crippen LogP contribution in [0, 0.1) is 18.8 Å². The second-order valence-electron chi connectivity index (χ2n) is 12.2. The molecule has 11 nitrogen and oxygen atoms in total. The molecule has 0 radical (unpaired) electrons. The number of alkyl halides is 2. The molecule has 2 aliphatic heterocycles. The number of piperidine rings is 1. The van der Waals surface area contributed by atoms with Gasteiger partial charge in [0.25, 0.3) is 5.91 Å². The molecule has 3 fully saturated rings. The van der Waals surface area contributed by atoms with Crippen LogP contribution in [0.4, 0.5) is 14.6 Å². The van der Waals surface area contributed by atoms with Crippen LogP contribution < -0.4 is 14.4 Å². The highest BCUT2D eigenvalue weighted by Crippen LogP contribution is 2.38. The molecule has 0 aromatic carbocycles. The maximum absolute atomic E-state index is 13.8. The summed E-state index contributed by atoms with van der Waals surface area (Å²) in [5.74, 6) is 1.08. The molecule has 2 saturated heterocycles. The zero-order chi connectivity index (χ0) is 30.9. The van der Waals surface area contributed by atoms with E-state index in [2.05, 4.69) is 10.3 Å². The maximum Gasteiger partial charge on any atom is 0.329 e. The van der Waals surface area contributed by atoms with Crippen molar-refractivity contribution in [3.63, 3.8) is 0 Å². The molecule has 1 saturated carbocycles. The van der Waals surface area contributed by atoms with Crippen LogP contribution in [0.2, 0.25) is 0 Å². The zero-order valence-electron chi connectivity index (χ0n) is 24.8. The molecule has 4 aromatic rings. The monoisotopic (exact) mass is 627 g/mol. The number of carbonyl (C=O) groups excluding carboxylic acids is 1. The maximum atomic E-state index is 13.8. The lowest BCUT2D eigenvalue weighted by Gasteiger charge is -2.35. The molecular formula is C30H35F2N7O4S. The van der Waals surface area contributed by atoms with Gasteiger partial charge in [-0.15, -0.1) is 0 Å². The zero-order valence-corrected chi connectivity index (χ0v) is 25.6. The van der Waals surface area contributed by atoms with Gasteiger partial charge in [0.1, 0.15) is 22.8 Å². The van der Waals surface area contributed by atoms with Crippen LogP contribution in [0.1, 0.15) is 41.7 Å². The third-order valence-corrected chi connectivity index (χ3v) is 10.3. The van der Waals surface area contributed by atoms with E-state index >= 15 is 0 Å². The second kappa shape index (κ2) is 10.7. The van der Waals surface area contributed by atoms with Gasteiger partial charge < -0.3 is 19.5 Å². The van der Waals surface area contributed by atoms with Crippen molar-refractivity contribution in [3.05, 3.63) is 41.6 Å². The summed E-state index contributed by atoms with van der Waals surface area (Å²) in [6.45, 7) is 1.61. The van der Waals surface area contributed by atoms with Crippen molar-refractivity contribution in [2.45, 2.75) is 51.7 Å². The fourth-order valence-corrected chi connectivity index (χ4v) is 7.52. The normalized spacial score (nSPS) is 20.5. The quantitative estimate of drug-likeness (QED) is 0.295. The Balaban J connectivity index is 1.32. The number of ether oxygens (including phenoxy) is 1.